The van der Waals surface area contributed by atoms with E-state index in [4.69, 9.17) is 0 Å². The van der Waals surface area contributed by atoms with Crippen molar-refractivity contribution in [3.8, 4) is 0 Å². The van der Waals surface area contributed by atoms with Gasteiger partial charge in [-0.2, -0.15) is 5.10 Å². The van der Waals surface area contributed by atoms with Crippen molar-refractivity contribution in [2.24, 2.45) is 7.05 Å². The van der Waals surface area contributed by atoms with Gasteiger partial charge in [0.25, 0.3) is 0 Å². The largest absolute Gasteiger partial charge is 0.289 e. The molecule has 0 spiro atoms. The third kappa shape index (κ3) is 2.25. The normalized spacial score (nSPS) is 10.8. The Morgan fingerprint density at radius 3 is 2.62 bits per heavy atom. The molecule has 0 aliphatic carbocycles. The van der Waals surface area contributed by atoms with Gasteiger partial charge in [0.2, 0.25) is 0 Å². The first-order chi connectivity index (χ1) is 7.77. The Bertz CT molecular complexity index is 512. The van der Waals surface area contributed by atoms with Crippen LogP contribution in [-0.2, 0) is 7.05 Å². The Hall–Kier alpha value is -2.16. The first kappa shape index (κ1) is 10.4. The van der Waals surface area contributed by atoms with Crippen LogP contribution in [0.3, 0.4) is 0 Å². The monoisotopic (exact) mass is 212 g/mol. The molecule has 0 atom stereocenters. The van der Waals surface area contributed by atoms with Crippen LogP contribution in [0.25, 0.3) is 6.08 Å². The van der Waals surface area contributed by atoms with Crippen LogP contribution >= 0.6 is 0 Å². The minimum Gasteiger partial charge on any atom is -0.289 e. The van der Waals surface area contributed by atoms with Gasteiger partial charge in [-0.1, -0.05) is 30.3 Å². The summed E-state index contributed by atoms with van der Waals surface area (Å²) in [6, 6.07) is 11.1. The van der Waals surface area contributed by atoms with Crippen molar-refractivity contribution in [1.82, 2.24) is 9.78 Å². The number of carbonyl (C=O) groups is 1. The van der Waals surface area contributed by atoms with E-state index in [9.17, 15) is 4.79 Å². The predicted molar refractivity (Wildman–Crippen MR) is 63.0 cm³/mol. The second kappa shape index (κ2) is 4.57. The van der Waals surface area contributed by atoms with Crippen molar-refractivity contribution in [3.63, 3.8) is 0 Å². The summed E-state index contributed by atoms with van der Waals surface area (Å²) < 4.78 is 1.72. The highest BCUT2D eigenvalue weighted by molar-refractivity contribution is 6.06. The molecule has 0 amide bonds. The molecule has 0 fully saturated rings. The van der Waals surface area contributed by atoms with Gasteiger partial charge in [0.05, 0.1) is 5.69 Å². The maximum atomic E-state index is 11.7. The number of hydrogen-bond donors (Lipinski definition) is 0. The lowest BCUT2D eigenvalue weighted by Crippen LogP contribution is -1.95. The van der Waals surface area contributed by atoms with Crippen LogP contribution in [-0.4, -0.2) is 15.6 Å². The Kier molecular flexibility index (Phi) is 2.96. The molecule has 0 aliphatic rings. The van der Waals surface area contributed by atoms with Gasteiger partial charge in [-0.05, 0) is 18.2 Å². The lowest BCUT2D eigenvalue weighted by atomic mass is 10.1. The molecular formula is C13H12N2O. The SMILES string of the molecule is Cn1nccc1C=CC(=O)c1ccccc1. The van der Waals surface area contributed by atoms with Gasteiger partial charge in [0.1, 0.15) is 0 Å². The molecule has 1 heterocycles. The number of hydrogen-bond acceptors (Lipinski definition) is 2. The number of carbonyl (C=O) groups excluding carboxylic acids is 1. The molecule has 0 saturated heterocycles. The first-order valence-electron chi connectivity index (χ1n) is 5.03. The molecule has 0 unspecified atom stereocenters. The van der Waals surface area contributed by atoms with Crippen LogP contribution < -0.4 is 0 Å². The molecule has 1 aromatic carbocycles. The number of allylic oxidation sites excluding steroid dienone is 1. The number of nitrogens with zero attached hydrogens (tertiary/aromatic N) is 2. The van der Waals surface area contributed by atoms with E-state index < -0.39 is 0 Å². The molecule has 2 aromatic rings. The second-order valence-electron chi connectivity index (χ2n) is 3.44. The molecule has 3 heteroatoms. The Labute approximate surface area is 94.0 Å². The molecule has 16 heavy (non-hydrogen) atoms. The quantitative estimate of drug-likeness (QED) is 0.578. The summed E-state index contributed by atoms with van der Waals surface area (Å²) in [4.78, 5) is 11.7. The summed E-state index contributed by atoms with van der Waals surface area (Å²) >= 11 is 0. The zero-order chi connectivity index (χ0) is 11.4. The number of ketones is 1. The highest BCUT2D eigenvalue weighted by atomic mass is 16.1. The topological polar surface area (TPSA) is 34.9 Å². The van der Waals surface area contributed by atoms with Gasteiger partial charge >= 0.3 is 0 Å². The number of benzene rings is 1. The Morgan fingerprint density at radius 1 is 1.25 bits per heavy atom. The average Bonchev–Trinajstić information content (AvgIpc) is 2.73. The minimum absolute atomic E-state index is 0.00167. The van der Waals surface area contributed by atoms with Crippen LogP contribution in [0.2, 0.25) is 0 Å². The van der Waals surface area contributed by atoms with E-state index in [0.717, 1.165) is 5.69 Å². The van der Waals surface area contributed by atoms with E-state index in [1.165, 1.54) is 0 Å². The lowest BCUT2D eigenvalue weighted by molar-refractivity contribution is 0.104. The maximum absolute atomic E-state index is 11.7. The van der Waals surface area contributed by atoms with Crippen LogP contribution in [0, 0.1) is 0 Å². The van der Waals surface area contributed by atoms with Gasteiger partial charge in [-0.15, -0.1) is 0 Å². The van der Waals surface area contributed by atoms with Crippen molar-refractivity contribution < 1.29 is 4.79 Å². The van der Waals surface area contributed by atoms with Gasteiger partial charge < -0.3 is 0 Å². The number of aryl methyl sites for hydroxylation is 1. The van der Waals surface area contributed by atoms with E-state index in [2.05, 4.69) is 5.10 Å². The zero-order valence-electron chi connectivity index (χ0n) is 9.00. The molecule has 0 bridgehead atoms. The summed E-state index contributed by atoms with van der Waals surface area (Å²) in [6.07, 6.45) is 5.03. The summed E-state index contributed by atoms with van der Waals surface area (Å²) in [7, 11) is 1.84. The highest BCUT2D eigenvalue weighted by Gasteiger charge is 2.00. The molecule has 3 nitrogen and oxygen atoms in total. The highest BCUT2D eigenvalue weighted by Crippen LogP contribution is 2.04. The summed E-state index contributed by atoms with van der Waals surface area (Å²) in [5.41, 5.74) is 1.60. The predicted octanol–water partition coefficient (Wildman–Crippen LogP) is 2.32. The van der Waals surface area contributed by atoms with Crippen LogP contribution in [0.1, 0.15) is 16.1 Å². The van der Waals surface area contributed by atoms with E-state index in [1.807, 2.05) is 31.3 Å². The van der Waals surface area contributed by atoms with E-state index >= 15 is 0 Å². The Balaban J connectivity index is 2.15. The molecule has 0 aliphatic heterocycles. The van der Waals surface area contributed by atoms with Crippen molar-refractivity contribution >= 4 is 11.9 Å². The van der Waals surface area contributed by atoms with Gasteiger partial charge in [-0.25, -0.2) is 0 Å². The summed E-state index contributed by atoms with van der Waals surface area (Å²) in [6.45, 7) is 0. The molecule has 0 N–H and O–H groups in total. The molecule has 2 rings (SSSR count). The lowest BCUT2D eigenvalue weighted by Gasteiger charge is -1.95. The minimum atomic E-state index is 0.00167. The molecule has 0 saturated carbocycles. The average molecular weight is 212 g/mol. The van der Waals surface area contributed by atoms with Crippen molar-refractivity contribution in [1.29, 1.82) is 0 Å². The Morgan fingerprint density at radius 2 is 2.00 bits per heavy atom. The van der Waals surface area contributed by atoms with E-state index in [-0.39, 0.29) is 5.78 Å². The second-order valence-corrected chi connectivity index (χ2v) is 3.44. The third-order valence-electron chi connectivity index (χ3n) is 2.32. The fourth-order valence-corrected chi connectivity index (χ4v) is 1.41. The van der Waals surface area contributed by atoms with Crippen LogP contribution in [0.15, 0.2) is 48.7 Å². The standard InChI is InChI=1S/C13H12N2O/c1-15-12(9-10-14-15)7-8-13(16)11-5-3-2-4-6-11/h2-10H,1H3. The van der Waals surface area contributed by atoms with E-state index in [0.29, 0.717) is 5.56 Å². The van der Waals surface area contributed by atoms with Crippen molar-refractivity contribution in [3.05, 3.63) is 59.9 Å². The zero-order valence-corrected chi connectivity index (χ0v) is 9.00. The van der Waals surface area contributed by atoms with Crippen molar-refractivity contribution in [2.75, 3.05) is 0 Å². The molecule has 80 valence electrons. The number of aromatic nitrogens is 2. The third-order valence-corrected chi connectivity index (χ3v) is 2.32. The summed E-state index contributed by atoms with van der Waals surface area (Å²) in [5.74, 6) is 0.00167. The molecular weight excluding hydrogens is 200 g/mol. The van der Waals surface area contributed by atoms with E-state index in [1.54, 1.807) is 35.2 Å². The number of rotatable bonds is 3. The van der Waals surface area contributed by atoms with Gasteiger partial charge in [0, 0.05) is 18.8 Å². The van der Waals surface area contributed by atoms with Crippen LogP contribution in [0.4, 0.5) is 0 Å². The van der Waals surface area contributed by atoms with Crippen LogP contribution in [0.5, 0.6) is 0 Å². The summed E-state index contributed by atoms with van der Waals surface area (Å²) in [5, 5.41) is 4.02. The fraction of sp³-hybridized carbons (Fsp3) is 0.0769. The van der Waals surface area contributed by atoms with Gasteiger partial charge in [0.15, 0.2) is 5.78 Å². The first-order valence-corrected chi connectivity index (χ1v) is 5.03. The maximum Gasteiger partial charge on any atom is 0.185 e. The molecule has 0 radical (unpaired) electrons. The smallest absolute Gasteiger partial charge is 0.185 e. The van der Waals surface area contributed by atoms with Crippen molar-refractivity contribution in [2.45, 2.75) is 0 Å². The molecule has 1 aromatic heterocycles. The van der Waals surface area contributed by atoms with Gasteiger partial charge in [-0.3, -0.25) is 9.48 Å². The fourth-order valence-electron chi connectivity index (χ4n) is 1.41.